The van der Waals surface area contributed by atoms with Crippen LogP contribution in [-0.2, 0) is 7.05 Å². The summed E-state index contributed by atoms with van der Waals surface area (Å²) < 4.78 is 42.8. The van der Waals surface area contributed by atoms with Crippen LogP contribution in [0.4, 0.5) is 19.1 Å². The van der Waals surface area contributed by atoms with Crippen LogP contribution < -0.4 is 10.9 Å². The molecule has 1 aliphatic heterocycles. The van der Waals surface area contributed by atoms with Gasteiger partial charge in [0.15, 0.2) is 17.5 Å². The number of pyridine rings is 1. The number of nitrogens with one attached hydrogen (secondary N) is 1. The quantitative estimate of drug-likeness (QED) is 0.673. The third-order valence-corrected chi connectivity index (χ3v) is 6.14. The van der Waals surface area contributed by atoms with Gasteiger partial charge in [-0.15, -0.1) is 0 Å². The predicted octanol–water partition coefficient (Wildman–Crippen LogP) is 2.44. The zero-order chi connectivity index (χ0) is 22.6. The molecule has 1 saturated carbocycles. The predicted molar refractivity (Wildman–Crippen MR) is 109 cm³/mol. The molecule has 3 aromatic rings. The number of benzene rings is 1. The molecular weight excluding hydrogens is 423 g/mol. The van der Waals surface area contributed by atoms with Gasteiger partial charge >= 0.3 is 0 Å². The van der Waals surface area contributed by atoms with Crippen molar-refractivity contribution >= 4 is 11.9 Å². The van der Waals surface area contributed by atoms with Crippen molar-refractivity contribution in [1.29, 1.82) is 0 Å². The highest BCUT2D eigenvalue weighted by Gasteiger charge is 2.57. The van der Waals surface area contributed by atoms with E-state index in [1.165, 1.54) is 39.9 Å². The molecule has 3 heterocycles. The summed E-state index contributed by atoms with van der Waals surface area (Å²) in [5.41, 5.74) is -0.268. The maximum Gasteiger partial charge on any atom is 0.256 e. The lowest BCUT2D eigenvalue weighted by molar-refractivity contribution is 0.0768. The second kappa shape index (κ2) is 7.47. The summed E-state index contributed by atoms with van der Waals surface area (Å²) in [7, 11) is 1.56. The SMILES string of the molecule is Cn1c(NC2[C@H]3CN(C(=O)c4cccc(F)c4F)C[C@@H]23)nc(-c2ccncc2F)cc1=O. The molecule has 5 rings (SSSR count). The molecule has 2 aliphatic rings. The molecule has 1 aromatic carbocycles. The van der Waals surface area contributed by atoms with Crippen LogP contribution in [0, 0.1) is 29.3 Å². The molecule has 0 spiro atoms. The lowest BCUT2D eigenvalue weighted by Gasteiger charge is -2.21. The summed E-state index contributed by atoms with van der Waals surface area (Å²) in [5, 5.41) is 3.22. The van der Waals surface area contributed by atoms with Crippen molar-refractivity contribution in [2.24, 2.45) is 18.9 Å². The second-order valence-corrected chi connectivity index (χ2v) is 8.03. The molecule has 2 fully saturated rings. The van der Waals surface area contributed by atoms with Crippen molar-refractivity contribution in [2.45, 2.75) is 6.04 Å². The van der Waals surface area contributed by atoms with Crippen LogP contribution in [0.15, 0.2) is 47.5 Å². The maximum absolute atomic E-state index is 14.1. The first-order chi connectivity index (χ1) is 15.3. The van der Waals surface area contributed by atoms with E-state index in [0.717, 1.165) is 12.3 Å². The van der Waals surface area contributed by atoms with Crippen molar-refractivity contribution < 1.29 is 18.0 Å². The van der Waals surface area contributed by atoms with Gasteiger partial charge in [0, 0.05) is 55.8 Å². The summed E-state index contributed by atoms with van der Waals surface area (Å²) in [6.45, 7) is 0.757. The molecule has 7 nitrogen and oxygen atoms in total. The van der Waals surface area contributed by atoms with E-state index in [1.807, 2.05) is 0 Å². The average Bonchev–Trinajstić information content (AvgIpc) is 3.20. The summed E-state index contributed by atoms with van der Waals surface area (Å²) in [6, 6.07) is 6.21. The van der Waals surface area contributed by atoms with Crippen LogP contribution in [0.3, 0.4) is 0 Å². The van der Waals surface area contributed by atoms with E-state index in [2.05, 4.69) is 15.3 Å². The summed E-state index contributed by atoms with van der Waals surface area (Å²) in [5.74, 6) is -2.86. The van der Waals surface area contributed by atoms with Crippen molar-refractivity contribution in [1.82, 2.24) is 19.4 Å². The van der Waals surface area contributed by atoms with E-state index < -0.39 is 23.4 Å². The number of rotatable bonds is 4. The van der Waals surface area contributed by atoms with E-state index in [1.54, 1.807) is 7.05 Å². The largest absolute Gasteiger partial charge is 0.352 e. The van der Waals surface area contributed by atoms with Gasteiger partial charge in [0.05, 0.1) is 17.5 Å². The molecular formula is C22H18F3N5O2. The van der Waals surface area contributed by atoms with E-state index in [0.29, 0.717) is 13.1 Å². The fourth-order valence-electron chi connectivity index (χ4n) is 4.28. The van der Waals surface area contributed by atoms with Gasteiger partial charge in [0.25, 0.3) is 11.5 Å². The van der Waals surface area contributed by atoms with Crippen molar-refractivity contribution in [2.75, 3.05) is 18.4 Å². The summed E-state index contributed by atoms with van der Waals surface area (Å²) in [4.78, 5) is 34.6. The lowest BCUT2D eigenvalue weighted by Crippen LogP contribution is -2.35. The second-order valence-electron chi connectivity index (χ2n) is 8.03. The van der Waals surface area contributed by atoms with E-state index in [9.17, 15) is 22.8 Å². The van der Waals surface area contributed by atoms with E-state index in [-0.39, 0.29) is 46.2 Å². The average molecular weight is 441 g/mol. The summed E-state index contributed by atoms with van der Waals surface area (Å²) >= 11 is 0. The third kappa shape index (κ3) is 3.31. The highest BCUT2D eigenvalue weighted by atomic mass is 19.2. The number of fused-ring (bicyclic) bond motifs is 1. The Labute approximate surface area is 180 Å². The van der Waals surface area contributed by atoms with Crippen LogP contribution in [-0.4, -0.2) is 44.5 Å². The minimum absolute atomic E-state index is 0.0351. The third-order valence-electron chi connectivity index (χ3n) is 6.14. The molecule has 0 radical (unpaired) electrons. The number of hydrogen-bond donors (Lipinski definition) is 1. The summed E-state index contributed by atoms with van der Waals surface area (Å²) in [6.07, 6.45) is 2.48. The molecule has 1 saturated heterocycles. The number of halogens is 3. The number of aromatic nitrogens is 3. The smallest absolute Gasteiger partial charge is 0.256 e. The van der Waals surface area contributed by atoms with E-state index in [4.69, 9.17) is 0 Å². The van der Waals surface area contributed by atoms with Gasteiger partial charge < -0.3 is 10.2 Å². The Morgan fingerprint density at radius 2 is 1.88 bits per heavy atom. The number of carbonyl (C=O) groups excluding carboxylic acids is 1. The fraction of sp³-hybridized carbons (Fsp3) is 0.273. The molecule has 1 N–H and O–H groups in total. The first-order valence-corrected chi connectivity index (χ1v) is 10.0. The van der Waals surface area contributed by atoms with Gasteiger partial charge in [-0.3, -0.25) is 19.1 Å². The highest BCUT2D eigenvalue weighted by Crippen LogP contribution is 2.47. The van der Waals surface area contributed by atoms with Crippen LogP contribution >= 0.6 is 0 Å². The molecule has 0 bridgehead atoms. The Morgan fingerprint density at radius 3 is 2.59 bits per heavy atom. The number of carbonyl (C=O) groups is 1. The Balaban J connectivity index is 1.31. The van der Waals surface area contributed by atoms with Crippen LogP contribution in [0.1, 0.15) is 10.4 Å². The first kappa shape index (κ1) is 20.2. The topological polar surface area (TPSA) is 80.1 Å². The maximum atomic E-state index is 14.1. The highest BCUT2D eigenvalue weighted by molar-refractivity contribution is 5.94. The minimum atomic E-state index is -1.15. The van der Waals surface area contributed by atoms with Gasteiger partial charge in [-0.05, 0) is 18.2 Å². The minimum Gasteiger partial charge on any atom is -0.352 e. The molecule has 164 valence electrons. The molecule has 1 unspecified atom stereocenters. The molecule has 10 heteroatoms. The van der Waals surface area contributed by atoms with Gasteiger partial charge in [0.1, 0.15) is 0 Å². The normalized spacial score (nSPS) is 21.4. The monoisotopic (exact) mass is 441 g/mol. The zero-order valence-corrected chi connectivity index (χ0v) is 16.9. The molecule has 3 atom stereocenters. The van der Waals surface area contributed by atoms with Gasteiger partial charge in [-0.25, -0.2) is 18.2 Å². The van der Waals surface area contributed by atoms with Gasteiger partial charge in [-0.1, -0.05) is 6.07 Å². The Kier molecular flexibility index (Phi) is 4.72. The van der Waals surface area contributed by atoms with Gasteiger partial charge in [0.2, 0.25) is 5.95 Å². The van der Waals surface area contributed by atoms with Crippen LogP contribution in [0.5, 0.6) is 0 Å². The number of amides is 1. The zero-order valence-electron chi connectivity index (χ0n) is 16.9. The van der Waals surface area contributed by atoms with Crippen LogP contribution in [0.2, 0.25) is 0 Å². The Bertz CT molecular complexity index is 1280. The number of piperidine rings is 1. The number of anilines is 1. The van der Waals surface area contributed by atoms with Crippen molar-refractivity contribution in [3.05, 3.63) is 76.1 Å². The number of hydrogen-bond acceptors (Lipinski definition) is 5. The molecule has 1 aliphatic carbocycles. The van der Waals surface area contributed by atoms with E-state index >= 15 is 0 Å². The molecule has 2 aromatic heterocycles. The van der Waals surface area contributed by atoms with Crippen molar-refractivity contribution in [3.63, 3.8) is 0 Å². The Hall–Kier alpha value is -3.69. The number of likely N-dealkylation sites (tertiary alicyclic amines) is 1. The Morgan fingerprint density at radius 1 is 1.12 bits per heavy atom. The molecule has 32 heavy (non-hydrogen) atoms. The first-order valence-electron chi connectivity index (χ1n) is 10.0. The van der Waals surface area contributed by atoms with Crippen molar-refractivity contribution in [3.8, 4) is 11.3 Å². The van der Waals surface area contributed by atoms with Crippen LogP contribution in [0.25, 0.3) is 11.3 Å². The molecule has 1 amide bonds. The number of nitrogens with zero attached hydrogens (tertiary/aromatic N) is 4. The fourth-order valence-corrected chi connectivity index (χ4v) is 4.28. The lowest BCUT2D eigenvalue weighted by atomic mass is 10.1. The van der Waals surface area contributed by atoms with Gasteiger partial charge in [-0.2, -0.15) is 0 Å². The standard InChI is InChI=1S/C22H18F3N5O2/c1-29-18(31)7-17(11-5-6-26-8-16(11)24)27-22(29)28-20-13-9-30(10-14(13)20)21(32)12-3-2-4-15(23)19(12)25/h2-8,13-14,20H,9-10H2,1H3,(H,27,28)/t13-,14+,20?.